The molecule has 0 saturated carbocycles. The number of para-hydroxylation sites is 1. The molecule has 1 N–H and O–H groups in total. The zero-order chi connectivity index (χ0) is 16.9. The molecule has 1 amide bonds. The van der Waals surface area contributed by atoms with Crippen LogP contribution >= 0.6 is 0 Å². The van der Waals surface area contributed by atoms with E-state index in [1.54, 1.807) is 43.6 Å². The van der Waals surface area contributed by atoms with Crippen LogP contribution in [0.3, 0.4) is 0 Å². The number of benzene rings is 1. The maximum absolute atomic E-state index is 12.9. The van der Waals surface area contributed by atoms with Crippen molar-refractivity contribution in [3.05, 3.63) is 54.4 Å². The minimum Gasteiger partial charge on any atom is -0.455 e. The number of nitrogens with zero attached hydrogens (tertiary/aromatic N) is 2. The first-order valence-electron chi connectivity index (χ1n) is 8.29. The van der Waals surface area contributed by atoms with Crippen LogP contribution in [0.15, 0.2) is 48.8 Å². The minimum atomic E-state index is -0.400. The SMILES string of the molecule is CC(O)C1CCCN(C(=O)c2ccccc2Oc2cccnc2)C1. The Morgan fingerprint density at radius 1 is 1.33 bits per heavy atom. The summed E-state index contributed by atoms with van der Waals surface area (Å²) < 4.78 is 5.84. The summed E-state index contributed by atoms with van der Waals surface area (Å²) in [5.74, 6) is 1.20. The van der Waals surface area contributed by atoms with E-state index < -0.39 is 6.10 Å². The van der Waals surface area contributed by atoms with Crippen LogP contribution in [0, 0.1) is 5.92 Å². The molecular formula is C19H22N2O3. The van der Waals surface area contributed by atoms with Crippen molar-refractivity contribution in [2.75, 3.05) is 13.1 Å². The van der Waals surface area contributed by atoms with Gasteiger partial charge in [0.1, 0.15) is 11.5 Å². The number of ether oxygens (including phenoxy) is 1. The molecule has 126 valence electrons. The quantitative estimate of drug-likeness (QED) is 0.938. The summed E-state index contributed by atoms with van der Waals surface area (Å²) in [5.41, 5.74) is 0.535. The van der Waals surface area contributed by atoms with Gasteiger partial charge in [0.25, 0.3) is 5.91 Å². The molecule has 1 aliphatic heterocycles. The maximum Gasteiger partial charge on any atom is 0.257 e. The van der Waals surface area contributed by atoms with Crippen LogP contribution in [-0.2, 0) is 0 Å². The molecule has 24 heavy (non-hydrogen) atoms. The summed E-state index contributed by atoms with van der Waals surface area (Å²) in [6.07, 6.45) is 4.75. The first-order valence-corrected chi connectivity index (χ1v) is 8.29. The second-order valence-corrected chi connectivity index (χ2v) is 6.18. The van der Waals surface area contributed by atoms with Crippen LogP contribution in [-0.4, -0.2) is 40.1 Å². The Morgan fingerprint density at radius 2 is 2.17 bits per heavy atom. The van der Waals surface area contributed by atoms with E-state index in [9.17, 15) is 9.90 Å². The number of amides is 1. The van der Waals surface area contributed by atoms with Crippen molar-refractivity contribution in [3.8, 4) is 11.5 Å². The number of carbonyl (C=O) groups excluding carboxylic acids is 1. The second-order valence-electron chi connectivity index (χ2n) is 6.18. The van der Waals surface area contributed by atoms with E-state index in [4.69, 9.17) is 4.74 Å². The maximum atomic E-state index is 12.9. The lowest BCUT2D eigenvalue weighted by Crippen LogP contribution is -2.43. The van der Waals surface area contributed by atoms with Crippen LogP contribution in [0.5, 0.6) is 11.5 Å². The average molecular weight is 326 g/mol. The summed E-state index contributed by atoms with van der Waals surface area (Å²) in [7, 11) is 0. The fourth-order valence-corrected chi connectivity index (χ4v) is 3.03. The Labute approximate surface area is 141 Å². The van der Waals surface area contributed by atoms with E-state index in [1.807, 2.05) is 17.0 Å². The lowest BCUT2D eigenvalue weighted by Gasteiger charge is -2.34. The number of carbonyl (C=O) groups is 1. The first-order chi connectivity index (χ1) is 11.6. The fourth-order valence-electron chi connectivity index (χ4n) is 3.03. The Bertz CT molecular complexity index is 688. The molecule has 0 bridgehead atoms. The third-order valence-electron chi connectivity index (χ3n) is 4.41. The number of piperidine rings is 1. The molecule has 5 heteroatoms. The van der Waals surface area contributed by atoms with Crippen LogP contribution in [0.25, 0.3) is 0 Å². The number of aliphatic hydroxyl groups is 1. The van der Waals surface area contributed by atoms with Gasteiger partial charge in [-0.1, -0.05) is 12.1 Å². The average Bonchev–Trinajstić information content (AvgIpc) is 2.62. The van der Waals surface area contributed by atoms with Gasteiger partial charge in [0.15, 0.2) is 0 Å². The van der Waals surface area contributed by atoms with Gasteiger partial charge in [-0.05, 0) is 44.0 Å². The van der Waals surface area contributed by atoms with Crippen molar-refractivity contribution < 1.29 is 14.6 Å². The molecule has 1 aromatic heterocycles. The van der Waals surface area contributed by atoms with E-state index >= 15 is 0 Å². The van der Waals surface area contributed by atoms with E-state index in [0.29, 0.717) is 30.2 Å². The summed E-state index contributed by atoms with van der Waals surface area (Å²) in [4.78, 5) is 18.8. The third kappa shape index (κ3) is 3.74. The smallest absolute Gasteiger partial charge is 0.257 e. The van der Waals surface area contributed by atoms with E-state index in [0.717, 1.165) is 12.8 Å². The van der Waals surface area contributed by atoms with Crippen molar-refractivity contribution in [2.24, 2.45) is 5.92 Å². The molecule has 1 fully saturated rings. The minimum absolute atomic E-state index is 0.0557. The van der Waals surface area contributed by atoms with Crippen LogP contribution in [0.2, 0.25) is 0 Å². The third-order valence-corrected chi connectivity index (χ3v) is 4.41. The van der Waals surface area contributed by atoms with Crippen LogP contribution < -0.4 is 4.74 Å². The number of rotatable bonds is 4. The molecule has 0 spiro atoms. The fraction of sp³-hybridized carbons (Fsp3) is 0.368. The van der Waals surface area contributed by atoms with Crippen LogP contribution in [0.1, 0.15) is 30.1 Å². The number of hydrogen-bond acceptors (Lipinski definition) is 4. The number of pyridine rings is 1. The van der Waals surface area contributed by atoms with Gasteiger partial charge in [-0.3, -0.25) is 9.78 Å². The van der Waals surface area contributed by atoms with Gasteiger partial charge in [-0.2, -0.15) is 0 Å². The van der Waals surface area contributed by atoms with E-state index in [1.165, 1.54) is 0 Å². The van der Waals surface area contributed by atoms with Crippen molar-refractivity contribution >= 4 is 5.91 Å². The molecule has 3 rings (SSSR count). The highest BCUT2D eigenvalue weighted by atomic mass is 16.5. The Kier molecular flexibility index (Phi) is 5.11. The van der Waals surface area contributed by atoms with E-state index in [-0.39, 0.29) is 11.8 Å². The molecule has 5 nitrogen and oxygen atoms in total. The van der Waals surface area contributed by atoms with Gasteiger partial charge in [0, 0.05) is 25.2 Å². The zero-order valence-electron chi connectivity index (χ0n) is 13.8. The van der Waals surface area contributed by atoms with Gasteiger partial charge in [0.05, 0.1) is 17.9 Å². The lowest BCUT2D eigenvalue weighted by atomic mass is 9.93. The number of hydrogen-bond donors (Lipinski definition) is 1. The molecule has 2 heterocycles. The number of aromatic nitrogens is 1. The normalized spacial score (nSPS) is 18.9. The summed E-state index contributed by atoms with van der Waals surface area (Å²) in [6, 6.07) is 10.8. The van der Waals surface area contributed by atoms with E-state index in [2.05, 4.69) is 4.98 Å². The van der Waals surface area contributed by atoms with Crippen molar-refractivity contribution in [1.29, 1.82) is 0 Å². The predicted octanol–water partition coefficient (Wildman–Crippen LogP) is 3.11. The van der Waals surface area contributed by atoms with Crippen molar-refractivity contribution in [3.63, 3.8) is 0 Å². The Morgan fingerprint density at radius 3 is 2.92 bits per heavy atom. The molecule has 1 saturated heterocycles. The largest absolute Gasteiger partial charge is 0.455 e. The highest BCUT2D eigenvalue weighted by Gasteiger charge is 2.28. The van der Waals surface area contributed by atoms with Crippen molar-refractivity contribution in [1.82, 2.24) is 9.88 Å². The molecular weight excluding hydrogens is 304 g/mol. The van der Waals surface area contributed by atoms with Gasteiger partial charge in [-0.25, -0.2) is 0 Å². The number of aliphatic hydroxyl groups excluding tert-OH is 1. The topological polar surface area (TPSA) is 62.7 Å². The first kappa shape index (κ1) is 16.5. The molecule has 1 aromatic carbocycles. The Balaban J connectivity index is 1.80. The van der Waals surface area contributed by atoms with Crippen molar-refractivity contribution in [2.45, 2.75) is 25.9 Å². The molecule has 2 atom stereocenters. The summed E-state index contributed by atoms with van der Waals surface area (Å²) in [6.45, 7) is 3.08. The van der Waals surface area contributed by atoms with Gasteiger partial charge >= 0.3 is 0 Å². The van der Waals surface area contributed by atoms with Gasteiger partial charge in [-0.15, -0.1) is 0 Å². The highest BCUT2D eigenvalue weighted by molar-refractivity contribution is 5.97. The molecule has 2 unspecified atom stereocenters. The molecule has 2 aromatic rings. The summed E-state index contributed by atoms with van der Waals surface area (Å²) in [5, 5.41) is 9.83. The highest BCUT2D eigenvalue weighted by Crippen LogP contribution is 2.28. The second kappa shape index (κ2) is 7.45. The standard InChI is InChI=1S/C19H22N2O3/c1-14(22)15-6-5-11-21(13-15)19(23)17-8-2-3-9-18(17)24-16-7-4-10-20-12-16/h2-4,7-10,12,14-15,22H,5-6,11,13H2,1H3. The number of likely N-dealkylation sites (tertiary alicyclic amines) is 1. The van der Waals surface area contributed by atoms with Crippen LogP contribution in [0.4, 0.5) is 0 Å². The summed E-state index contributed by atoms with van der Waals surface area (Å²) >= 11 is 0. The Hall–Kier alpha value is -2.40. The molecule has 1 aliphatic rings. The molecule has 0 aliphatic carbocycles. The lowest BCUT2D eigenvalue weighted by molar-refractivity contribution is 0.0464. The van der Waals surface area contributed by atoms with Gasteiger partial charge < -0.3 is 14.7 Å². The molecule has 0 radical (unpaired) electrons. The monoisotopic (exact) mass is 326 g/mol. The predicted molar refractivity (Wildman–Crippen MR) is 91.1 cm³/mol. The van der Waals surface area contributed by atoms with Gasteiger partial charge in [0.2, 0.25) is 0 Å². The zero-order valence-corrected chi connectivity index (χ0v) is 13.8.